The van der Waals surface area contributed by atoms with Gasteiger partial charge in [-0.2, -0.15) is 0 Å². The van der Waals surface area contributed by atoms with E-state index in [0.717, 1.165) is 53.6 Å². The van der Waals surface area contributed by atoms with Gasteiger partial charge in [-0.25, -0.2) is 0 Å². The van der Waals surface area contributed by atoms with Crippen molar-refractivity contribution < 1.29 is 18.9 Å². The molecule has 1 atom stereocenters. The van der Waals surface area contributed by atoms with Crippen molar-refractivity contribution in [1.82, 2.24) is 4.90 Å². The Labute approximate surface area is 160 Å². The highest BCUT2D eigenvalue weighted by molar-refractivity contribution is 5.72. The van der Waals surface area contributed by atoms with Crippen LogP contribution in [0.25, 0.3) is 5.70 Å². The van der Waals surface area contributed by atoms with Crippen LogP contribution in [0.2, 0.25) is 0 Å². The fraction of sp³-hybridized carbons (Fsp3) is 0.364. The van der Waals surface area contributed by atoms with Gasteiger partial charge in [0.1, 0.15) is 0 Å². The van der Waals surface area contributed by atoms with Crippen molar-refractivity contribution >= 4 is 5.70 Å². The van der Waals surface area contributed by atoms with Crippen LogP contribution in [0.3, 0.4) is 0 Å². The van der Waals surface area contributed by atoms with Crippen molar-refractivity contribution in [3.63, 3.8) is 0 Å². The fourth-order valence-corrected chi connectivity index (χ4v) is 4.29. The van der Waals surface area contributed by atoms with E-state index in [2.05, 4.69) is 29.7 Å². The van der Waals surface area contributed by atoms with Gasteiger partial charge in [-0.3, -0.25) is 0 Å². The first kappa shape index (κ1) is 17.6. The Morgan fingerprint density at radius 1 is 0.815 bits per heavy atom. The van der Waals surface area contributed by atoms with Gasteiger partial charge in [-0.1, -0.05) is 6.58 Å². The van der Waals surface area contributed by atoms with E-state index in [9.17, 15) is 0 Å². The molecule has 0 radical (unpaired) electrons. The molecule has 0 aromatic heterocycles. The molecule has 4 rings (SSSR count). The summed E-state index contributed by atoms with van der Waals surface area (Å²) in [4.78, 5) is 2.39. The zero-order valence-electron chi connectivity index (χ0n) is 16.3. The van der Waals surface area contributed by atoms with Crippen LogP contribution in [0.5, 0.6) is 23.0 Å². The highest BCUT2D eigenvalue weighted by Crippen LogP contribution is 2.47. The van der Waals surface area contributed by atoms with E-state index in [-0.39, 0.29) is 6.04 Å². The largest absolute Gasteiger partial charge is 0.493 e. The Hall–Kier alpha value is -2.82. The number of hydrogen-bond donors (Lipinski definition) is 0. The maximum atomic E-state index is 5.54. The van der Waals surface area contributed by atoms with E-state index in [0.29, 0.717) is 0 Å². The van der Waals surface area contributed by atoms with Crippen molar-refractivity contribution in [2.75, 3.05) is 35.0 Å². The third kappa shape index (κ3) is 2.69. The van der Waals surface area contributed by atoms with Gasteiger partial charge in [0, 0.05) is 17.8 Å². The van der Waals surface area contributed by atoms with Crippen LogP contribution in [0, 0.1) is 0 Å². The first-order valence-electron chi connectivity index (χ1n) is 9.06. The second kappa shape index (κ2) is 6.72. The molecular formula is C22H25NO4. The molecule has 2 heterocycles. The zero-order valence-corrected chi connectivity index (χ0v) is 16.3. The average molecular weight is 367 g/mol. The maximum absolute atomic E-state index is 5.54. The van der Waals surface area contributed by atoms with E-state index >= 15 is 0 Å². The summed E-state index contributed by atoms with van der Waals surface area (Å²) in [6.45, 7) is 5.32. The van der Waals surface area contributed by atoms with Crippen molar-refractivity contribution in [2.24, 2.45) is 0 Å². The quantitative estimate of drug-likeness (QED) is 0.821. The Kier molecular flexibility index (Phi) is 4.38. The molecule has 2 aromatic carbocycles. The minimum Gasteiger partial charge on any atom is -0.493 e. The molecule has 2 aliphatic rings. The number of hydrogen-bond acceptors (Lipinski definition) is 5. The number of rotatable bonds is 4. The molecule has 2 aromatic rings. The molecule has 0 saturated heterocycles. The monoisotopic (exact) mass is 367 g/mol. The number of benzene rings is 2. The molecule has 0 N–H and O–H groups in total. The molecule has 5 nitrogen and oxygen atoms in total. The summed E-state index contributed by atoms with van der Waals surface area (Å²) in [5.41, 5.74) is 5.98. The fourth-order valence-electron chi connectivity index (χ4n) is 4.29. The lowest BCUT2D eigenvalue weighted by Crippen LogP contribution is -2.38. The van der Waals surface area contributed by atoms with E-state index in [1.165, 1.54) is 16.7 Å². The smallest absolute Gasteiger partial charge is 0.161 e. The molecule has 0 aliphatic carbocycles. The predicted molar refractivity (Wildman–Crippen MR) is 105 cm³/mol. The van der Waals surface area contributed by atoms with Crippen molar-refractivity contribution in [3.8, 4) is 23.0 Å². The van der Waals surface area contributed by atoms with Crippen molar-refractivity contribution in [1.29, 1.82) is 0 Å². The highest BCUT2D eigenvalue weighted by Gasteiger charge is 2.35. The van der Waals surface area contributed by atoms with Crippen LogP contribution in [-0.2, 0) is 12.8 Å². The van der Waals surface area contributed by atoms with Crippen molar-refractivity contribution in [2.45, 2.75) is 18.9 Å². The lowest BCUT2D eigenvalue weighted by molar-refractivity contribution is 0.266. The van der Waals surface area contributed by atoms with Gasteiger partial charge in [-0.05, 0) is 53.8 Å². The molecular weight excluding hydrogens is 342 g/mol. The van der Waals surface area contributed by atoms with Gasteiger partial charge < -0.3 is 23.8 Å². The standard InChI is InChI=1S/C22H25NO4/c1-13-16-11-21(26-4)20(25-3)10-15(16)8-18-17-12-22(27-5)19(24-2)9-14(17)6-7-23(13)18/h9-12,18H,1,6-8H2,2-5H3. The van der Waals surface area contributed by atoms with Crippen LogP contribution in [-0.4, -0.2) is 39.9 Å². The molecule has 142 valence electrons. The minimum absolute atomic E-state index is 0.228. The maximum Gasteiger partial charge on any atom is 0.161 e. The summed E-state index contributed by atoms with van der Waals surface area (Å²) in [7, 11) is 6.69. The van der Waals surface area contributed by atoms with Gasteiger partial charge in [0.05, 0.1) is 34.5 Å². The number of fused-ring (bicyclic) bond motifs is 4. The van der Waals surface area contributed by atoms with E-state index < -0.39 is 0 Å². The molecule has 0 saturated carbocycles. The lowest BCUT2D eigenvalue weighted by Gasteiger charge is -2.44. The first-order valence-corrected chi connectivity index (χ1v) is 9.06. The molecule has 1 unspecified atom stereocenters. The zero-order chi connectivity index (χ0) is 19.1. The summed E-state index contributed by atoms with van der Waals surface area (Å²) in [5.74, 6) is 3.04. The Morgan fingerprint density at radius 3 is 2.00 bits per heavy atom. The van der Waals surface area contributed by atoms with Gasteiger partial charge in [0.15, 0.2) is 23.0 Å². The molecule has 5 heteroatoms. The molecule has 0 fully saturated rings. The summed E-state index contributed by atoms with van der Waals surface area (Å²) >= 11 is 0. The van der Waals surface area contributed by atoms with Gasteiger partial charge in [0.2, 0.25) is 0 Å². The van der Waals surface area contributed by atoms with Crippen LogP contribution >= 0.6 is 0 Å². The Morgan fingerprint density at radius 2 is 1.37 bits per heavy atom. The summed E-state index contributed by atoms with van der Waals surface area (Å²) in [5, 5.41) is 0. The summed E-state index contributed by atoms with van der Waals surface area (Å²) in [6, 6.07) is 8.57. The van der Waals surface area contributed by atoms with Crippen LogP contribution in [0.1, 0.15) is 28.3 Å². The lowest BCUT2D eigenvalue weighted by atomic mass is 9.82. The van der Waals surface area contributed by atoms with E-state index in [1.54, 1.807) is 28.4 Å². The second-order valence-corrected chi connectivity index (χ2v) is 6.88. The van der Waals surface area contributed by atoms with Crippen LogP contribution in [0.4, 0.5) is 0 Å². The van der Waals surface area contributed by atoms with Gasteiger partial charge in [0.25, 0.3) is 0 Å². The second-order valence-electron chi connectivity index (χ2n) is 6.88. The average Bonchev–Trinajstić information content (AvgIpc) is 2.71. The highest BCUT2D eigenvalue weighted by atomic mass is 16.5. The normalized spacial score (nSPS) is 17.6. The molecule has 27 heavy (non-hydrogen) atoms. The van der Waals surface area contributed by atoms with Gasteiger partial charge >= 0.3 is 0 Å². The Bertz CT molecular complexity index is 906. The summed E-state index contributed by atoms with van der Waals surface area (Å²) in [6.07, 6.45) is 1.84. The third-order valence-corrected chi connectivity index (χ3v) is 5.68. The van der Waals surface area contributed by atoms with Crippen LogP contribution < -0.4 is 18.9 Å². The summed E-state index contributed by atoms with van der Waals surface area (Å²) < 4.78 is 22.0. The molecule has 0 spiro atoms. The van der Waals surface area contributed by atoms with Crippen molar-refractivity contribution in [3.05, 3.63) is 53.1 Å². The number of nitrogens with zero attached hydrogens (tertiary/aromatic N) is 1. The third-order valence-electron chi connectivity index (χ3n) is 5.68. The Balaban J connectivity index is 1.81. The molecule has 2 aliphatic heterocycles. The van der Waals surface area contributed by atoms with E-state index in [4.69, 9.17) is 18.9 Å². The predicted octanol–water partition coefficient (Wildman–Crippen LogP) is 3.85. The van der Waals surface area contributed by atoms with Gasteiger partial charge in [-0.15, -0.1) is 0 Å². The molecule has 0 amide bonds. The number of ether oxygens (including phenoxy) is 4. The first-order chi connectivity index (χ1) is 13.1. The minimum atomic E-state index is 0.228. The topological polar surface area (TPSA) is 40.2 Å². The SMILES string of the molecule is C=C1c2cc(OC)c(OC)cc2CC2c3cc(OC)c(OC)cc3CCN12. The van der Waals surface area contributed by atoms with E-state index in [1.807, 2.05) is 6.07 Å². The van der Waals surface area contributed by atoms with Crippen LogP contribution in [0.15, 0.2) is 30.8 Å². The molecule has 0 bridgehead atoms. The number of methoxy groups -OCH3 is 4.